The lowest BCUT2D eigenvalue weighted by molar-refractivity contribution is 0.0954. The third-order valence-electron chi connectivity index (χ3n) is 2.01. The summed E-state index contributed by atoms with van der Waals surface area (Å²) in [5, 5.41) is 9.15. The van der Waals surface area contributed by atoms with Gasteiger partial charge in [0.2, 0.25) is 0 Å². The number of carbonyl (C=O) groups excluding carboxylic acids is 1. The molecule has 0 bridgehead atoms. The van der Waals surface area contributed by atoms with Crippen LogP contribution >= 0.6 is 34.5 Å². The summed E-state index contributed by atoms with van der Waals surface area (Å²) >= 11 is 12.8. The van der Waals surface area contributed by atoms with Crippen LogP contribution in [-0.4, -0.2) is 27.6 Å². The van der Waals surface area contributed by atoms with Gasteiger partial charge in [-0.15, -0.1) is 11.3 Å². The molecular formula is C9H8Cl2N4OS. The molecule has 0 aliphatic carbocycles. The monoisotopic (exact) mass is 290 g/mol. The molecule has 0 aliphatic rings. The molecule has 17 heavy (non-hydrogen) atoms. The zero-order valence-electron chi connectivity index (χ0n) is 8.54. The van der Waals surface area contributed by atoms with Crippen molar-refractivity contribution in [3.8, 4) is 0 Å². The summed E-state index contributed by atoms with van der Waals surface area (Å²) < 4.78 is 0.891. The molecular weight excluding hydrogens is 283 g/mol. The van der Waals surface area contributed by atoms with Crippen molar-refractivity contribution in [2.24, 2.45) is 0 Å². The number of halogens is 2. The van der Waals surface area contributed by atoms with E-state index in [9.17, 15) is 4.79 Å². The summed E-state index contributed by atoms with van der Waals surface area (Å²) in [5.41, 5.74) is 0.402. The van der Waals surface area contributed by atoms with Gasteiger partial charge in [-0.25, -0.2) is 4.98 Å². The number of rotatable bonds is 4. The van der Waals surface area contributed by atoms with E-state index in [1.54, 1.807) is 6.07 Å². The van der Waals surface area contributed by atoms with Crippen LogP contribution in [0.15, 0.2) is 12.4 Å². The Morgan fingerprint density at radius 1 is 1.53 bits per heavy atom. The lowest BCUT2D eigenvalue weighted by Gasteiger charge is -2.02. The van der Waals surface area contributed by atoms with Crippen LogP contribution in [0.3, 0.4) is 0 Å². The van der Waals surface area contributed by atoms with Gasteiger partial charge in [-0.2, -0.15) is 5.10 Å². The van der Waals surface area contributed by atoms with E-state index >= 15 is 0 Å². The minimum atomic E-state index is -0.238. The Balaban J connectivity index is 1.87. The largest absolute Gasteiger partial charge is 0.352 e. The normalized spacial score (nSPS) is 10.5. The minimum absolute atomic E-state index is 0.238. The van der Waals surface area contributed by atoms with Crippen LogP contribution in [0.1, 0.15) is 16.2 Å². The number of nitrogens with zero attached hydrogens (tertiary/aromatic N) is 2. The van der Waals surface area contributed by atoms with Crippen molar-refractivity contribution in [1.29, 1.82) is 0 Å². The maximum atomic E-state index is 11.7. The van der Waals surface area contributed by atoms with Crippen LogP contribution in [0.25, 0.3) is 0 Å². The second-order valence-electron chi connectivity index (χ2n) is 3.18. The van der Waals surface area contributed by atoms with Gasteiger partial charge >= 0.3 is 0 Å². The first kappa shape index (κ1) is 12.3. The molecule has 1 amide bonds. The third kappa shape index (κ3) is 3.18. The molecule has 0 saturated carbocycles. The Kier molecular flexibility index (Phi) is 3.98. The Morgan fingerprint density at radius 3 is 2.94 bits per heavy atom. The number of aromatic amines is 1. The zero-order valence-corrected chi connectivity index (χ0v) is 10.9. The highest BCUT2D eigenvalue weighted by atomic mass is 35.5. The summed E-state index contributed by atoms with van der Waals surface area (Å²) in [7, 11) is 0. The first-order valence-electron chi connectivity index (χ1n) is 4.74. The van der Waals surface area contributed by atoms with E-state index in [2.05, 4.69) is 20.5 Å². The Morgan fingerprint density at radius 2 is 2.35 bits per heavy atom. The van der Waals surface area contributed by atoms with Gasteiger partial charge in [0.15, 0.2) is 0 Å². The van der Waals surface area contributed by atoms with Crippen LogP contribution < -0.4 is 5.32 Å². The van der Waals surface area contributed by atoms with Crippen LogP contribution in [0.5, 0.6) is 0 Å². The van der Waals surface area contributed by atoms with Crippen molar-refractivity contribution in [2.45, 2.75) is 6.42 Å². The van der Waals surface area contributed by atoms with Crippen molar-refractivity contribution >= 4 is 40.4 Å². The summed E-state index contributed by atoms with van der Waals surface area (Å²) in [6.45, 7) is 0.456. The molecule has 0 spiro atoms. The van der Waals surface area contributed by atoms with Gasteiger partial charge in [-0.1, -0.05) is 23.2 Å². The number of amides is 1. The van der Waals surface area contributed by atoms with E-state index in [4.69, 9.17) is 23.2 Å². The molecule has 5 nitrogen and oxygen atoms in total. The highest BCUT2D eigenvalue weighted by molar-refractivity contribution is 7.20. The first-order chi connectivity index (χ1) is 8.16. The Labute approximate surface area is 111 Å². The second-order valence-corrected chi connectivity index (χ2v) is 5.46. The fourth-order valence-electron chi connectivity index (χ4n) is 1.24. The van der Waals surface area contributed by atoms with Crippen molar-refractivity contribution < 1.29 is 4.79 Å². The van der Waals surface area contributed by atoms with E-state index in [1.807, 2.05) is 0 Å². The van der Waals surface area contributed by atoms with Gasteiger partial charge in [0.1, 0.15) is 16.5 Å². The number of H-pyrrole nitrogens is 1. The zero-order chi connectivity index (χ0) is 12.3. The molecule has 8 heteroatoms. The number of thiophene rings is 1. The quantitative estimate of drug-likeness (QED) is 0.906. The molecule has 0 saturated heterocycles. The van der Waals surface area contributed by atoms with Crippen molar-refractivity contribution in [3.05, 3.63) is 32.5 Å². The molecule has 2 aromatic rings. The number of aromatic nitrogens is 3. The molecule has 2 aromatic heterocycles. The maximum Gasteiger partial charge on any atom is 0.253 e. The van der Waals surface area contributed by atoms with Gasteiger partial charge in [0, 0.05) is 13.0 Å². The van der Waals surface area contributed by atoms with E-state index in [-0.39, 0.29) is 5.91 Å². The molecule has 0 radical (unpaired) electrons. The van der Waals surface area contributed by atoms with Crippen LogP contribution in [0.4, 0.5) is 0 Å². The van der Waals surface area contributed by atoms with Crippen molar-refractivity contribution in [1.82, 2.24) is 20.5 Å². The second kappa shape index (κ2) is 5.48. The van der Waals surface area contributed by atoms with Crippen LogP contribution in [-0.2, 0) is 6.42 Å². The van der Waals surface area contributed by atoms with Crippen LogP contribution in [0, 0.1) is 0 Å². The van der Waals surface area contributed by atoms with Crippen molar-refractivity contribution in [3.63, 3.8) is 0 Å². The highest BCUT2D eigenvalue weighted by Crippen LogP contribution is 2.30. The van der Waals surface area contributed by atoms with Gasteiger partial charge in [0.25, 0.3) is 5.91 Å². The molecule has 2 N–H and O–H groups in total. The fraction of sp³-hybridized carbons (Fsp3) is 0.222. The average Bonchev–Trinajstić information content (AvgIpc) is 2.88. The molecule has 90 valence electrons. The maximum absolute atomic E-state index is 11.7. The van der Waals surface area contributed by atoms with E-state index in [0.717, 1.165) is 5.82 Å². The SMILES string of the molecule is O=C(NCCc1ncn[nH]1)c1cc(Cl)sc1Cl. The lowest BCUT2D eigenvalue weighted by atomic mass is 10.3. The smallest absolute Gasteiger partial charge is 0.253 e. The van der Waals surface area contributed by atoms with Crippen molar-refractivity contribution in [2.75, 3.05) is 6.54 Å². The van der Waals surface area contributed by atoms with Crippen LogP contribution in [0.2, 0.25) is 8.67 Å². The molecule has 0 unspecified atom stereocenters. The predicted molar refractivity (Wildman–Crippen MR) is 66.8 cm³/mol. The summed E-state index contributed by atoms with van der Waals surface area (Å²) in [5.74, 6) is 0.484. The Bertz CT molecular complexity index is 511. The molecule has 2 heterocycles. The van der Waals surface area contributed by atoms with E-state index < -0.39 is 0 Å². The topological polar surface area (TPSA) is 70.7 Å². The summed E-state index contributed by atoms with van der Waals surface area (Å²) in [4.78, 5) is 15.7. The molecule has 0 fully saturated rings. The van der Waals surface area contributed by atoms with Gasteiger partial charge in [0.05, 0.1) is 9.90 Å². The minimum Gasteiger partial charge on any atom is -0.352 e. The third-order valence-corrected chi connectivity index (χ3v) is 3.50. The average molecular weight is 291 g/mol. The Hall–Kier alpha value is -1.11. The lowest BCUT2D eigenvalue weighted by Crippen LogP contribution is -2.25. The van der Waals surface area contributed by atoms with E-state index in [1.165, 1.54) is 17.7 Å². The molecule has 0 aliphatic heterocycles. The first-order valence-corrected chi connectivity index (χ1v) is 6.31. The van der Waals surface area contributed by atoms with E-state index in [0.29, 0.717) is 27.2 Å². The summed E-state index contributed by atoms with van der Waals surface area (Å²) in [6, 6.07) is 1.55. The molecule has 2 rings (SSSR count). The number of hydrogen-bond acceptors (Lipinski definition) is 4. The van der Waals surface area contributed by atoms with Gasteiger partial charge in [-0.05, 0) is 6.07 Å². The van der Waals surface area contributed by atoms with Gasteiger partial charge in [-0.3, -0.25) is 9.89 Å². The highest BCUT2D eigenvalue weighted by Gasteiger charge is 2.13. The number of carbonyl (C=O) groups is 1. The standard InChI is InChI=1S/C9H8Cl2N4OS/c10-6-3-5(8(11)17-6)9(16)12-2-1-7-13-4-14-15-7/h3-4H,1-2H2,(H,12,16)(H,13,14,15). The van der Waals surface area contributed by atoms with Gasteiger partial charge < -0.3 is 5.32 Å². The number of hydrogen-bond donors (Lipinski definition) is 2. The number of nitrogens with one attached hydrogen (secondary N) is 2. The fourth-order valence-corrected chi connectivity index (χ4v) is 2.69. The molecule has 0 aromatic carbocycles. The predicted octanol–water partition coefficient (Wildman–Crippen LogP) is 2.15. The molecule has 0 atom stereocenters. The summed E-state index contributed by atoms with van der Waals surface area (Å²) in [6.07, 6.45) is 2.01.